The van der Waals surface area contributed by atoms with Crippen molar-refractivity contribution in [3.8, 4) is 0 Å². The monoisotopic (exact) mass is 333 g/mol. The first-order valence-electron chi connectivity index (χ1n) is 6.83. The van der Waals surface area contributed by atoms with Gasteiger partial charge >= 0.3 is 0 Å². The number of aryl methyl sites for hydroxylation is 1. The number of aromatic amines is 1. The third kappa shape index (κ3) is 2.93. The Morgan fingerprint density at radius 2 is 2.15 bits per heavy atom. The van der Waals surface area contributed by atoms with Crippen LogP contribution >= 0.6 is 15.9 Å². The van der Waals surface area contributed by atoms with Crippen LogP contribution in [0.25, 0.3) is 0 Å². The highest BCUT2D eigenvalue weighted by Gasteiger charge is 2.15. The van der Waals surface area contributed by atoms with Crippen LogP contribution in [0.15, 0.2) is 33.5 Å². The van der Waals surface area contributed by atoms with Crippen molar-refractivity contribution >= 4 is 21.9 Å². The third-order valence-corrected chi connectivity index (χ3v) is 4.03. The Bertz CT molecular complexity index is 681. The quantitative estimate of drug-likeness (QED) is 0.907. The van der Waals surface area contributed by atoms with E-state index in [1.54, 1.807) is 0 Å². The van der Waals surface area contributed by atoms with Gasteiger partial charge in [-0.1, -0.05) is 28.1 Å². The fourth-order valence-corrected chi connectivity index (χ4v) is 2.97. The largest absolute Gasteiger partial charge is 0.352 e. The molecular formula is C15H16BrN3O. The molecule has 3 rings (SSSR count). The van der Waals surface area contributed by atoms with Crippen molar-refractivity contribution in [2.24, 2.45) is 0 Å². The summed E-state index contributed by atoms with van der Waals surface area (Å²) in [7, 11) is 0. The molecule has 0 saturated carbocycles. The van der Waals surface area contributed by atoms with Gasteiger partial charge in [-0.15, -0.1) is 0 Å². The number of rotatable bonds is 3. The highest BCUT2D eigenvalue weighted by molar-refractivity contribution is 9.10. The SMILES string of the molecule is O=c1[nH]c(NCc2cccc(Br)c2)nc2c1CCCC2. The maximum absolute atomic E-state index is 12.0. The molecule has 2 aromatic rings. The molecule has 0 bridgehead atoms. The minimum atomic E-state index is 0.00597. The van der Waals surface area contributed by atoms with Crippen LogP contribution in [-0.2, 0) is 19.4 Å². The Kier molecular flexibility index (Phi) is 3.87. The molecule has 0 amide bonds. The minimum absolute atomic E-state index is 0.00597. The number of H-pyrrole nitrogens is 1. The summed E-state index contributed by atoms with van der Waals surface area (Å²) in [4.78, 5) is 19.4. The van der Waals surface area contributed by atoms with Crippen LogP contribution in [0.2, 0.25) is 0 Å². The van der Waals surface area contributed by atoms with Crippen molar-refractivity contribution in [2.45, 2.75) is 32.2 Å². The summed E-state index contributed by atoms with van der Waals surface area (Å²) < 4.78 is 1.05. The molecule has 1 aliphatic carbocycles. The zero-order chi connectivity index (χ0) is 13.9. The standard InChI is InChI=1S/C15H16BrN3O/c16-11-5-3-4-10(8-11)9-17-15-18-13-7-2-1-6-12(13)14(20)19-15/h3-5,8H,1-2,6-7,9H2,(H2,17,18,19,20). The maximum Gasteiger partial charge on any atom is 0.255 e. The van der Waals surface area contributed by atoms with Crippen molar-refractivity contribution in [3.63, 3.8) is 0 Å². The molecule has 1 heterocycles. The van der Waals surface area contributed by atoms with E-state index in [9.17, 15) is 4.79 Å². The van der Waals surface area contributed by atoms with Gasteiger partial charge in [0.1, 0.15) is 0 Å². The van der Waals surface area contributed by atoms with E-state index in [1.807, 2.05) is 24.3 Å². The Morgan fingerprint density at radius 1 is 1.30 bits per heavy atom. The van der Waals surface area contributed by atoms with E-state index in [4.69, 9.17) is 0 Å². The number of hydrogen-bond acceptors (Lipinski definition) is 3. The molecule has 0 radical (unpaired) electrons. The molecule has 0 aliphatic heterocycles. The van der Waals surface area contributed by atoms with Gasteiger partial charge < -0.3 is 5.32 Å². The van der Waals surface area contributed by atoms with E-state index in [-0.39, 0.29) is 5.56 Å². The first-order chi connectivity index (χ1) is 9.72. The van der Waals surface area contributed by atoms with Gasteiger partial charge in [-0.3, -0.25) is 9.78 Å². The number of nitrogens with zero attached hydrogens (tertiary/aromatic N) is 1. The van der Waals surface area contributed by atoms with E-state index in [2.05, 4.69) is 31.2 Å². The lowest BCUT2D eigenvalue weighted by Gasteiger charge is -2.15. The van der Waals surface area contributed by atoms with Crippen LogP contribution in [0, 0.1) is 0 Å². The summed E-state index contributed by atoms with van der Waals surface area (Å²) in [5.41, 5.74) is 2.96. The van der Waals surface area contributed by atoms with Gasteiger partial charge in [0.2, 0.25) is 5.95 Å². The molecule has 1 aromatic heterocycles. The average Bonchev–Trinajstić information content (AvgIpc) is 2.45. The van der Waals surface area contributed by atoms with Gasteiger partial charge in [0.05, 0.1) is 5.69 Å². The number of benzene rings is 1. The summed E-state index contributed by atoms with van der Waals surface area (Å²) in [6.45, 7) is 0.640. The van der Waals surface area contributed by atoms with Gasteiger partial charge in [0, 0.05) is 16.6 Å². The molecule has 0 spiro atoms. The normalized spacial score (nSPS) is 13.8. The molecule has 1 aromatic carbocycles. The highest BCUT2D eigenvalue weighted by atomic mass is 79.9. The summed E-state index contributed by atoms with van der Waals surface area (Å²) in [6, 6.07) is 8.06. The van der Waals surface area contributed by atoms with E-state index >= 15 is 0 Å². The molecule has 0 atom stereocenters. The molecule has 4 nitrogen and oxygen atoms in total. The van der Waals surface area contributed by atoms with Crippen LogP contribution in [0.5, 0.6) is 0 Å². The second-order valence-corrected chi connectivity index (χ2v) is 5.95. The smallest absolute Gasteiger partial charge is 0.255 e. The Balaban J connectivity index is 1.78. The van der Waals surface area contributed by atoms with Gasteiger partial charge in [-0.25, -0.2) is 4.98 Å². The lowest BCUT2D eigenvalue weighted by atomic mass is 9.97. The topological polar surface area (TPSA) is 57.8 Å². The van der Waals surface area contributed by atoms with Gasteiger partial charge in [-0.2, -0.15) is 0 Å². The Hall–Kier alpha value is -1.62. The van der Waals surface area contributed by atoms with Crippen molar-refractivity contribution in [1.82, 2.24) is 9.97 Å². The van der Waals surface area contributed by atoms with Crippen LogP contribution in [0.1, 0.15) is 29.7 Å². The number of aromatic nitrogens is 2. The molecular weight excluding hydrogens is 318 g/mol. The molecule has 20 heavy (non-hydrogen) atoms. The molecule has 0 saturated heterocycles. The van der Waals surface area contributed by atoms with Crippen LogP contribution in [-0.4, -0.2) is 9.97 Å². The first-order valence-corrected chi connectivity index (χ1v) is 7.62. The van der Waals surface area contributed by atoms with Crippen LogP contribution < -0.4 is 10.9 Å². The molecule has 104 valence electrons. The zero-order valence-corrected chi connectivity index (χ0v) is 12.7. The molecule has 1 aliphatic rings. The fraction of sp³-hybridized carbons (Fsp3) is 0.333. The van der Waals surface area contributed by atoms with Crippen LogP contribution in [0.4, 0.5) is 5.95 Å². The molecule has 5 heteroatoms. The predicted octanol–water partition coefficient (Wildman–Crippen LogP) is 3.02. The number of fused-ring (bicyclic) bond motifs is 1. The van der Waals surface area contributed by atoms with Crippen molar-refractivity contribution in [3.05, 3.63) is 55.9 Å². The summed E-state index contributed by atoms with van der Waals surface area (Å²) in [6.07, 6.45) is 3.96. The number of nitrogens with one attached hydrogen (secondary N) is 2. The lowest BCUT2D eigenvalue weighted by molar-refractivity contribution is 0.657. The number of hydrogen-bond donors (Lipinski definition) is 2. The molecule has 0 unspecified atom stereocenters. The van der Waals surface area contributed by atoms with Crippen LogP contribution in [0.3, 0.4) is 0 Å². The molecule has 0 fully saturated rings. The highest BCUT2D eigenvalue weighted by Crippen LogP contribution is 2.17. The summed E-state index contributed by atoms with van der Waals surface area (Å²) in [5, 5.41) is 3.19. The maximum atomic E-state index is 12.0. The van der Waals surface area contributed by atoms with E-state index in [0.29, 0.717) is 12.5 Å². The lowest BCUT2D eigenvalue weighted by Crippen LogP contribution is -2.22. The Labute approximate surface area is 125 Å². The predicted molar refractivity (Wildman–Crippen MR) is 83.0 cm³/mol. The average molecular weight is 334 g/mol. The van der Waals surface area contributed by atoms with Gasteiger partial charge in [0.15, 0.2) is 0 Å². The zero-order valence-electron chi connectivity index (χ0n) is 11.1. The van der Waals surface area contributed by atoms with Gasteiger partial charge in [0.25, 0.3) is 5.56 Å². The number of anilines is 1. The van der Waals surface area contributed by atoms with Crippen molar-refractivity contribution in [2.75, 3.05) is 5.32 Å². The molecule has 2 N–H and O–H groups in total. The van der Waals surface area contributed by atoms with E-state index in [1.165, 1.54) is 0 Å². The fourth-order valence-electron chi connectivity index (χ4n) is 2.52. The first kappa shape index (κ1) is 13.4. The van der Waals surface area contributed by atoms with E-state index < -0.39 is 0 Å². The minimum Gasteiger partial charge on any atom is -0.352 e. The summed E-state index contributed by atoms with van der Waals surface area (Å²) in [5.74, 6) is 0.565. The number of halogens is 1. The van der Waals surface area contributed by atoms with Crippen molar-refractivity contribution in [1.29, 1.82) is 0 Å². The van der Waals surface area contributed by atoms with E-state index in [0.717, 1.165) is 47.0 Å². The second kappa shape index (κ2) is 5.79. The Morgan fingerprint density at radius 3 is 3.00 bits per heavy atom. The second-order valence-electron chi connectivity index (χ2n) is 5.03. The van der Waals surface area contributed by atoms with Crippen molar-refractivity contribution < 1.29 is 0 Å². The third-order valence-electron chi connectivity index (χ3n) is 3.54. The van der Waals surface area contributed by atoms with Gasteiger partial charge in [-0.05, 0) is 43.4 Å². The summed E-state index contributed by atoms with van der Waals surface area (Å²) >= 11 is 3.45.